The van der Waals surface area contributed by atoms with E-state index >= 15 is 0 Å². The average Bonchev–Trinajstić information content (AvgIpc) is 2.43. The van der Waals surface area contributed by atoms with Crippen LogP contribution in [0.3, 0.4) is 0 Å². The van der Waals surface area contributed by atoms with Crippen molar-refractivity contribution in [3.05, 3.63) is 35.6 Å². The lowest BCUT2D eigenvalue weighted by atomic mass is 10.2. The van der Waals surface area contributed by atoms with Crippen LogP contribution in [0.5, 0.6) is 0 Å². The van der Waals surface area contributed by atoms with E-state index in [4.69, 9.17) is 0 Å². The van der Waals surface area contributed by atoms with Crippen molar-refractivity contribution in [2.75, 3.05) is 6.61 Å². The van der Waals surface area contributed by atoms with Crippen molar-refractivity contribution in [3.8, 4) is 0 Å². The van der Waals surface area contributed by atoms with Crippen LogP contribution in [0.15, 0.2) is 24.3 Å². The van der Waals surface area contributed by atoms with Crippen molar-refractivity contribution in [3.63, 3.8) is 0 Å². The first kappa shape index (κ1) is 15.6. The Kier molecular flexibility index (Phi) is 6.15. The van der Waals surface area contributed by atoms with Gasteiger partial charge in [0.15, 0.2) is 0 Å². The molecule has 0 radical (unpaired) electrons. The zero-order valence-corrected chi connectivity index (χ0v) is 10.9. The number of esters is 1. The number of halogens is 1. The number of carbonyl (C=O) groups excluding carboxylic acids is 3. The zero-order valence-electron chi connectivity index (χ0n) is 10.9. The van der Waals surface area contributed by atoms with E-state index in [0.29, 0.717) is 0 Å². The molecule has 0 fully saturated rings. The van der Waals surface area contributed by atoms with E-state index < -0.39 is 23.6 Å². The first-order chi connectivity index (χ1) is 9.54. The summed E-state index contributed by atoms with van der Waals surface area (Å²) in [7, 11) is 0. The predicted octanol–water partition coefficient (Wildman–Crippen LogP) is 0.930. The molecule has 0 saturated heterocycles. The van der Waals surface area contributed by atoms with E-state index in [1.54, 1.807) is 6.92 Å². The molecule has 2 N–H and O–H groups in total. The maximum absolute atomic E-state index is 13.3. The molecule has 7 heteroatoms. The third kappa shape index (κ3) is 5.05. The number of ether oxygens (including phenoxy) is 1. The van der Waals surface area contributed by atoms with Gasteiger partial charge < -0.3 is 4.74 Å². The number of hydrogen-bond donors (Lipinski definition) is 2. The molecule has 0 unspecified atom stereocenters. The number of rotatable bonds is 5. The molecule has 0 aliphatic rings. The Hall–Kier alpha value is -2.44. The van der Waals surface area contributed by atoms with Crippen LogP contribution in [0, 0.1) is 5.82 Å². The smallest absolute Gasteiger partial charge is 0.306 e. The summed E-state index contributed by atoms with van der Waals surface area (Å²) in [6.07, 6.45) is -0.217. The first-order valence-electron chi connectivity index (χ1n) is 6.04. The molecule has 1 rings (SSSR count). The van der Waals surface area contributed by atoms with Crippen LogP contribution in [-0.2, 0) is 14.3 Å². The van der Waals surface area contributed by atoms with Gasteiger partial charge in [-0.2, -0.15) is 0 Å². The second kappa shape index (κ2) is 7.88. The van der Waals surface area contributed by atoms with Gasteiger partial charge in [0.1, 0.15) is 5.82 Å². The van der Waals surface area contributed by atoms with E-state index in [9.17, 15) is 18.8 Å². The maximum Gasteiger partial charge on any atom is 0.306 e. The highest BCUT2D eigenvalue weighted by Gasteiger charge is 2.12. The van der Waals surface area contributed by atoms with Crippen molar-refractivity contribution >= 4 is 17.8 Å². The van der Waals surface area contributed by atoms with Crippen LogP contribution in [0.1, 0.15) is 30.1 Å². The van der Waals surface area contributed by atoms with Gasteiger partial charge in [0, 0.05) is 6.42 Å². The summed E-state index contributed by atoms with van der Waals surface area (Å²) in [5, 5.41) is 0. The molecular weight excluding hydrogens is 267 g/mol. The predicted molar refractivity (Wildman–Crippen MR) is 67.9 cm³/mol. The Morgan fingerprint density at radius 1 is 1.15 bits per heavy atom. The fraction of sp³-hybridized carbons (Fsp3) is 0.308. The minimum atomic E-state index is -0.771. The normalized spacial score (nSPS) is 9.70. The topological polar surface area (TPSA) is 84.5 Å². The summed E-state index contributed by atoms with van der Waals surface area (Å²) in [4.78, 5) is 33.9. The first-order valence-corrected chi connectivity index (χ1v) is 6.04. The number of hydrazine groups is 1. The molecule has 1 aromatic rings. The highest BCUT2D eigenvalue weighted by atomic mass is 19.1. The van der Waals surface area contributed by atoms with Gasteiger partial charge in [0.05, 0.1) is 18.6 Å². The molecule has 1 aromatic carbocycles. The highest BCUT2D eigenvalue weighted by Crippen LogP contribution is 2.05. The molecule has 0 spiro atoms. The van der Waals surface area contributed by atoms with Gasteiger partial charge in [-0.3, -0.25) is 25.2 Å². The van der Waals surface area contributed by atoms with E-state index in [-0.39, 0.29) is 25.0 Å². The summed E-state index contributed by atoms with van der Waals surface area (Å²) >= 11 is 0. The third-order valence-electron chi connectivity index (χ3n) is 2.30. The van der Waals surface area contributed by atoms with Gasteiger partial charge in [-0.15, -0.1) is 0 Å². The minimum absolute atomic E-state index is 0.0881. The largest absolute Gasteiger partial charge is 0.466 e. The molecule has 0 heterocycles. The molecule has 0 aromatic heterocycles. The van der Waals surface area contributed by atoms with Crippen LogP contribution >= 0.6 is 0 Å². The molecule has 0 aliphatic heterocycles. The summed E-state index contributed by atoms with van der Waals surface area (Å²) in [6.45, 7) is 1.90. The number of amides is 2. The third-order valence-corrected chi connectivity index (χ3v) is 2.30. The van der Waals surface area contributed by atoms with Crippen molar-refractivity contribution < 1.29 is 23.5 Å². The molecule has 0 aliphatic carbocycles. The lowest BCUT2D eigenvalue weighted by Gasteiger charge is -2.07. The second-order valence-electron chi connectivity index (χ2n) is 3.79. The van der Waals surface area contributed by atoms with E-state index in [1.807, 2.05) is 0 Å². The Morgan fingerprint density at radius 3 is 2.50 bits per heavy atom. The van der Waals surface area contributed by atoms with Crippen molar-refractivity contribution in [1.82, 2.24) is 10.9 Å². The van der Waals surface area contributed by atoms with Gasteiger partial charge in [-0.05, 0) is 19.1 Å². The molecule has 6 nitrogen and oxygen atoms in total. The SMILES string of the molecule is CCOC(=O)CCC(=O)NNC(=O)c1ccccc1F. The number of nitrogens with one attached hydrogen (secondary N) is 2. The average molecular weight is 282 g/mol. The Morgan fingerprint density at radius 2 is 1.85 bits per heavy atom. The molecule has 108 valence electrons. The van der Waals surface area contributed by atoms with Crippen LogP contribution in [0.4, 0.5) is 4.39 Å². The second-order valence-corrected chi connectivity index (χ2v) is 3.79. The molecule has 0 bridgehead atoms. The van der Waals surface area contributed by atoms with Crippen molar-refractivity contribution in [2.45, 2.75) is 19.8 Å². The quantitative estimate of drug-likeness (QED) is 0.621. The van der Waals surface area contributed by atoms with Crippen LogP contribution in [-0.4, -0.2) is 24.4 Å². The van der Waals surface area contributed by atoms with Gasteiger partial charge in [0.2, 0.25) is 5.91 Å². The Labute approximate surface area is 115 Å². The standard InChI is InChI=1S/C13H15FN2O4/c1-2-20-12(18)8-7-11(17)15-16-13(19)9-5-3-4-6-10(9)14/h3-6H,2,7-8H2,1H3,(H,15,17)(H,16,19). The van der Waals surface area contributed by atoms with Crippen LogP contribution in [0.2, 0.25) is 0 Å². The van der Waals surface area contributed by atoms with Crippen molar-refractivity contribution in [2.24, 2.45) is 0 Å². The number of hydrogen-bond acceptors (Lipinski definition) is 4. The van der Waals surface area contributed by atoms with Gasteiger partial charge >= 0.3 is 5.97 Å². The monoisotopic (exact) mass is 282 g/mol. The Balaban J connectivity index is 2.36. The van der Waals surface area contributed by atoms with E-state index in [2.05, 4.69) is 15.6 Å². The fourth-order valence-corrected chi connectivity index (χ4v) is 1.35. The molecule has 20 heavy (non-hydrogen) atoms. The molecular formula is C13H15FN2O4. The lowest BCUT2D eigenvalue weighted by Crippen LogP contribution is -2.42. The van der Waals surface area contributed by atoms with Crippen molar-refractivity contribution in [1.29, 1.82) is 0 Å². The van der Waals surface area contributed by atoms with Gasteiger partial charge in [0.25, 0.3) is 5.91 Å². The zero-order chi connectivity index (χ0) is 15.0. The number of benzene rings is 1. The number of carbonyl (C=O) groups is 3. The Bertz CT molecular complexity index is 505. The van der Waals surface area contributed by atoms with Gasteiger partial charge in [-0.1, -0.05) is 12.1 Å². The lowest BCUT2D eigenvalue weighted by molar-refractivity contribution is -0.144. The fourth-order valence-electron chi connectivity index (χ4n) is 1.35. The summed E-state index contributed by atoms with van der Waals surface area (Å²) in [6, 6.07) is 5.37. The molecule has 0 saturated carbocycles. The van der Waals surface area contributed by atoms with Gasteiger partial charge in [-0.25, -0.2) is 4.39 Å². The highest BCUT2D eigenvalue weighted by molar-refractivity contribution is 5.95. The summed E-state index contributed by atoms with van der Waals surface area (Å²) < 4.78 is 17.9. The summed E-state index contributed by atoms with van der Waals surface area (Å²) in [5.74, 6) is -2.52. The summed E-state index contributed by atoms with van der Waals surface area (Å²) in [5.41, 5.74) is 3.98. The minimum Gasteiger partial charge on any atom is -0.466 e. The van der Waals surface area contributed by atoms with E-state index in [0.717, 1.165) is 6.07 Å². The van der Waals surface area contributed by atoms with Crippen LogP contribution < -0.4 is 10.9 Å². The maximum atomic E-state index is 13.3. The van der Waals surface area contributed by atoms with E-state index in [1.165, 1.54) is 18.2 Å². The molecule has 0 atom stereocenters. The van der Waals surface area contributed by atoms with Crippen LogP contribution in [0.25, 0.3) is 0 Å². The molecule has 2 amide bonds.